The summed E-state index contributed by atoms with van der Waals surface area (Å²) in [5.74, 6) is 1.12. The lowest BCUT2D eigenvalue weighted by Gasteiger charge is -2.21. The van der Waals surface area contributed by atoms with Crippen molar-refractivity contribution in [3.8, 4) is 0 Å². The maximum absolute atomic E-state index is 4.25. The normalized spacial score (nSPS) is 14.6. The second-order valence-corrected chi connectivity index (χ2v) is 5.87. The number of nitrogens with one attached hydrogen (secondary N) is 1. The molecule has 96 valence electrons. The van der Waals surface area contributed by atoms with Crippen molar-refractivity contribution in [2.45, 2.75) is 45.4 Å². The van der Waals surface area contributed by atoms with Crippen molar-refractivity contribution in [1.82, 2.24) is 10.3 Å². The fourth-order valence-electron chi connectivity index (χ4n) is 1.72. The SMILES string of the molecule is CCNC(CSC(C)CC)c1cnccc1C. The summed E-state index contributed by atoms with van der Waals surface area (Å²) < 4.78 is 0. The molecule has 0 bridgehead atoms. The number of aromatic nitrogens is 1. The summed E-state index contributed by atoms with van der Waals surface area (Å²) in [7, 11) is 0. The molecule has 1 aromatic rings. The average Bonchev–Trinajstić information content (AvgIpc) is 2.35. The quantitative estimate of drug-likeness (QED) is 0.803. The van der Waals surface area contributed by atoms with Gasteiger partial charge in [-0.3, -0.25) is 4.98 Å². The summed E-state index contributed by atoms with van der Waals surface area (Å²) in [5.41, 5.74) is 2.67. The van der Waals surface area contributed by atoms with Gasteiger partial charge in [0, 0.05) is 29.4 Å². The number of nitrogens with zero attached hydrogens (tertiary/aromatic N) is 1. The van der Waals surface area contributed by atoms with Crippen LogP contribution in [-0.4, -0.2) is 22.5 Å². The Bertz CT molecular complexity index is 328. The second kappa shape index (κ2) is 7.72. The number of aryl methyl sites for hydroxylation is 1. The standard InChI is InChI=1S/C14H24N2S/c1-5-12(4)17-10-14(16-6-2)13-9-15-8-7-11(13)3/h7-9,12,14,16H,5-6,10H2,1-4H3. The van der Waals surface area contributed by atoms with Crippen LogP contribution < -0.4 is 5.32 Å². The van der Waals surface area contributed by atoms with Gasteiger partial charge >= 0.3 is 0 Å². The molecular formula is C14H24N2S. The minimum absolute atomic E-state index is 0.424. The molecule has 1 rings (SSSR count). The Morgan fingerprint density at radius 1 is 1.41 bits per heavy atom. The zero-order valence-electron chi connectivity index (χ0n) is 11.4. The third-order valence-corrected chi connectivity index (χ3v) is 4.46. The van der Waals surface area contributed by atoms with E-state index in [9.17, 15) is 0 Å². The van der Waals surface area contributed by atoms with Crippen molar-refractivity contribution < 1.29 is 0 Å². The van der Waals surface area contributed by atoms with E-state index in [0.717, 1.165) is 17.5 Å². The predicted molar refractivity (Wildman–Crippen MR) is 77.6 cm³/mol. The van der Waals surface area contributed by atoms with Gasteiger partial charge in [0.05, 0.1) is 0 Å². The van der Waals surface area contributed by atoms with Gasteiger partial charge in [-0.2, -0.15) is 11.8 Å². The lowest BCUT2D eigenvalue weighted by Crippen LogP contribution is -2.24. The first-order chi connectivity index (χ1) is 8.19. The molecule has 1 heterocycles. The Hall–Kier alpha value is -0.540. The van der Waals surface area contributed by atoms with E-state index in [0.29, 0.717) is 6.04 Å². The highest BCUT2D eigenvalue weighted by atomic mass is 32.2. The van der Waals surface area contributed by atoms with Gasteiger partial charge in [0.15, 0.2) is 0 Å². The molecule has 0 aliphatic carbocycles. The zero-order valence-corrected chi connectivity index (χ0v) is 12.2. The fraction of sp³-hybridized carbons (Fsp3) is 0.643. The third-order valence-electron chi connectivity index (χ3n) is 3.03. The monoisotopic (exact) mass is 252 g/mol. The third kappa shape index (κ3) is 4.68. The Labute approximate surface area is 110 Å². The van der Waals surface area contributed by atoms with Crippen LogP contribution in [0, 0.1) is 6.92 Å². The van der Waals surface area contributed by atoms with E-state index in [2.05, 4.69) is 44.1 Å². The average molecular weight is 252 g/mol. The van der Waals surface area contributed by atoms with Crippen LogP contribution in [0.5, 0.6) is 0 Å². The van der Waals surface area contributed by atoms with Gasteiger partial charge in [-0.15, -0.1) is 0 Å². The molecule has 3 heteroatoms. The van der Waals surface area contributed by atoms with E-state index in [4.69, 9.17) is 0 Å². The van der Waals surface area contributed by atoms with Gasteiger partial charge in [0.1, 0.15) is 0 Å². The van der Waals surface area contributed by atoms with Gasteiger partial charge in [-0.25, -0.2) is 0 Å². The maximum Gasteiger partial charge on any atom is 0.0429 e. The Kier molecular flexibility index (Phi) is 6.60. The smallest absolute Gasteiger partial charge is 0.0429 e. The molecule has 17 heavy (non-hydrogen) atoms. The van der Waals surface area contributed by atoms with Crippen molar-refractivity contribution in [3.05, 3.63) is 29.6 Å². The maximum atomic E-state index is 4.25. The number of hydrogen-bond donors (Lipinski definition) is 1. The van der Waals surface area contributed by atoms with Crippen molar-refractivity contribution >= 4 is 11.8 Å². The number of rotatable bonds is 7. The van der Waals surface area contributed by atoms with E-state index in [1.54, 1.807) is 0 Å². The minimum atomic E-state index is 0.424. The first-order valence-corrected chi connectivity index (χ1v) is 7.49. The lowest BCUT2D eigenvalue weighted by molar-refractivity contribution is 0.600. The van der Waals surface area contributed by atoms with Crippen LogP contribution in [0.2, 0.25) is 0 Å². The van der Waals surface area contributed by atoms with Crippen LogP contribution in [0.15, 0.2) is 18.5 Å². The highest BCUT2D eigenvalue weighted by molar-refractivity contribution is 7.99. The number of thioether (sulfide) groups is 1. The molecule has 0 aliphatic heterocycles. The predicted octanol–water partition coefficient (Wildman–Crippen LogP) is 3.57. The number of pyridine rings is 1. The molecule has 0 aliphatic rings. The van der Waals surface area contributed by atoms with E-state index >= 15 is 0 Å². The van der Waals surface area contributed by atoms with Crippen molar-refractivity contribution in [2.24, 2.45) is 0 Å². The lowest BCUT2D eigenvalue weighted by atomic mass is 10.1. The Morgan fingerprint density at radius 3 is 2.76 bits per heavy atom. The molecule has 2 nitrogen and oxygen atoms in total. The summed E-state index contributed by atoms with van der Waals surface area (Å²) in [6, 6.07) is 2.51. The zero-order chi connectivity index (χ0) is 12.7. The van der Waals surface area contributed by atoms with Gasteiger partial charge in [-0.1, -0.05) is 20.8 Å². The molecule has 0 fully saturated rings. The summed E-state index contributed by atoms with van der Waals surface area (Å²) in [6.45, 7) is 9.86. The van der Waals surface area contributed by atoms with Crippen LogP contribution in [0.1, 0.15) is 44.4 Å². The Morgan fingerprint density at radius 2 is 2.18 bits per heavy atom. The van der Waals surface area contributed by atoms with Crippen LogP contribution in [0.4, 0.5) is 0 Å². The molecule has 0 spiro atoms. The van der Waals surface area contributed by atoms with Crippen LogP contribution >= 0.6 is 11.8 Å². The summed E-state index contributed by atoms with van der Waals surface area (Å²) in [4.78, 5) is 4.25. The molecule has 0 saturated carbocycles. The minimum Gasteiger partial charge on any atom is -0.309 e. The highest BCUT2D eigenvalue weighted by Crippen LogP contribution is 2.24. The van der Waals surface area contributed by atoms with Gasteiger partial charge in [0.2, 0.25) is 0 Å². The molecule has 0 radical (unpaired) electrons. The van der Waals surface area contributed by atoms with Gasteiger partial charge in [0.25, 0.3) is 0 Å². The molecule has 1 N–H and O–H groups in total. The number of hydrogen-bond acceptors (Lipinski definition) is 3. The first-order valence-electron chi connectivity index (χ1n) is 6.44. The van der Waals surface area contributed by atoms with E-state index in [-0.39, 0.29) is 0 Å². The van der Waals surface area contributed by atoms with Crippen molar-refractivity contribution in [2.75, 3.05) is 12.3 Å². The first kappa shape index (κ1) is 14.5. The van der Waals surface area contributed by atoms with Crippen LogP contribution in [0.3, 0.4) is 0 Å². The van der Waals surface area contributed by atoms with E-state index in [1.807, 2.05) is 24.2 Å². The van der Waals surface area contributed by atoms with E-state index in [1.165, 1.54) is 17.5 Å². The van der Waals surface area contributed by atoms with E-state index < -0.39 is 0 Å². The molecule has 0 saturated heterocycles. The summed E-state index contributed by atoms with van der Waals surface area (Å²) >= 11 is 2.04. The van der Waals surface area contributed by atoms with Gasteiger partial charge in [-0.05, 0) is 37.1 Å². The fourth-order valence-corrected chi connectivity index (χ4v) is 2.78. The van der Waals surface area contributed by atoms with Crippen LogP contribution in [0.25, 0.3) is 0 Å². The Balaban J connectivity index is 2.68. The molecular weight excluding hydrogens is 228 g/mol. The highest BCUT2D eigenvalue weighted by Gasteiger charge is 2.14. The molecule has 0 aromatic carbocycles. The summed E-state index contributed by atoms with van der Waals surface area (Å²) in [5, 5.41) is 4.29. The summed E-state index contributed by atoms with van der Waals surface area (Å²) in [6.07, 6.45) is 5.10. The molecule has 0 amide bonds. The molecule has 2 unspecified atom stereocenters. The van der Waals surface area contributed by atoms with Crippen LogP contribution in [-0.2, 0) is 0 Å². The van der Waals surface area contributed by atoms with Crippen molar-refractivity contribution in [3.63, 3.8) is 0 Å². The molecule has 1 aromatic heterocycles. The van der Waals surface area contributed by atoms with Crippen molar-refractivity contribution in [1.29, 1.82) is 0 Å². The molecule has 2 atom stereocenters. The topological polar surface area (TPSA) is 24.9 Å². The van der Waals surface area contributed by atoms with Gasteiger partial charge < -0.3 is 5.32 Å². The second-order valence-electron chi connectivity index (χ2n) is 4.39. The largest absolute Gasteiger partial charge is 0.309 e.